The monoisotopic (exact) mass is 411 g/mol. The minimum Gasteiger partial charge on any atom is -0.491 e. The normalized spacial score (nSPS) is 19.0. The van der Waals surface area contributed by atoms with Gasteiger partial charge in [0, 0.05) is 56.2 Å². The summed E-state index contributed by atoms with van der Waals surface area (Å²) in [6.45, 7) is 3.84. The lowest BCUT2D eigenvalue weighted by molar-refractivity contribution is -0.384. The highest BCUT2D eigenvalue weighted by atomic mass is 16.6. The molecule has 2 aliphatic rings. The summed E-state index contributed by atoms with van der Waals surface area (Å²) in [5.41, 5.74) is 1.62. The molecule has 4 rings (SSSR count). The maximum atomic E-state index is 12.9. The van der Waals surface area contributed by atoms with Crippen LogP contribution in [-0.2, 0) is 4.74 Å². The number of carbonyl (C=O) groups is 1. The number of hydrogen-bond acceptors (Lipinski definition) is 6. The molecule has 8 nitrogen and oxygen atoms in total. The second kappa shape index (κ2) is 9.13. The molecule has 158 valence electrons. The van der Waals surface area contributed by atoms with Crippen molar-refractivity contribution in [2.45, 2.75) is 18.9 Å². The van der Waals surface area contributed by atoms with Crippen LogP contribution in [-0.4, -0.2) is 61.2 Å². The number of nitrogens with zero attached hydrogens (tertiary/aromatic N) is 3. The molecule has 2 heterocycles. The van der Waals surface area contributed by atoms with Crippen LogP contribution in [0.4, 0.5) is 11.4 Å². The molecule has 0 spiro atoms. The van der Waals surface area contributed by atoms with E-state index in [4.69, 9.17) is 9.47 Å². The average molecular weight is 411 g/mol. The molecular weight excluding hydrogens is 386 g/mol. The summed E-state index contributed by atoms with van der Waals surface area (Å²) in [6, 6.07) is 13.8. The third-order valence-electron chi connectivity index (χ3n) is 5.53. The number of carbonyl (C=O) groups excluding carboxylic acids is 1. The summed E-state index contributed by atoms with van der Waals surface area (Å²) in [6.07, 6.45) is 2.22. The first-order valence-electron chi connectivity index (χ1n) is 10.2. The zero-order valence-corrected chi connectivity index (χ0v) is 16.7. The third kappa shape index (κ3) is 4.71. The zero-order chi connectivity index (χ0) is 20.9. The fraction of sp³-hybridized carbons (Fsp3) is 0.409. The molecule has 2 saturated heterocycles. The van der Waals surface area contributed by atoms with Crippen LogP contribution in [0.2, 0.25) is 0 Å². The molecule has 0 bridgehead atoms. The summed E-state index contributed by atoms with van der Waals surface area (Å²) in [4.78, 5) is 27.3. The third-order valence-corrected chi connectivity index (χ3v) is 5.53. The van der Waals surface area contributed by atoms with E-state index < -0.39 is 4.92 Å². The van der Waals surface area contributed by atoms with Crippen molar-refractivity contribution >= 4 is 17.3 Å². The van der Waals surface area contributed by atoms with Gasteiger partial charge in [0.05, 0.1) is 11.0 Å². The number of nitro benzene ring substituents is 1. The van der Waals surface area contributed by atoms with Crippen molar-refractivity contribution in [2.75, 3.05) is 44.3 Å². The predicted octanol–water partition coefficient (Wildman–Crippen LogP) is 3.12. The lowest BCUT2D eigenvalue weighted by atomic mass is 10.1. The molecule has 8 heteroatoms. The molecule has 2 fully saturated rings. The van der Waals surface area contributed by atoms with Gasteiger partial charge in [-0.25, -0.2) is 0 Å². The largest absolute Gasteiger partial charge is 0.491 e. The van der Waals surface area contributed by atoms with Crippen molar-refractivity contribution < 1.29 is 19.2 Å². The van der Waals surface area contributed by atoms with E-state index in [0.717, 1.165) is 25.1 Å². The molecule has 1 amide bonds. The first-order chi connectivity index (χ1) is 14.6. The Morgan fingerprint density at radius 3 is 2.57 bits per heavy atom. The topological polar surface area (TPSA) is 85.2 Å². The van der Waals surface area contributed by atoms with Gasteiger partial charge < -0.3 is 19.3 Å². The molecule has 0 radical (unpaired) electrons. The van der Waals surface area contributed by atoms with Crippen LogP contribution in [0.25, 0.3) is 0 Å². The van der Waals surface area contributed by atoms with E-state index in [1.54, 1.807) is 18.2 Å². The van der Waals surface area contributed by atoms with E-state index in [1.807, 2.05) is 23.1 Å². The molecule has 0 N–H and O–H groups in total. The molecule has 2 aliphatic heterocycles. The second-order valence-electron chi connectivity index (χ2n) is 7.53. The maximum absolute atomic E-state index is 12.9. The molecular formula is C22H25N3O5. The van der Waals surface area contributed by atoms with Crippen LogP contribution in [0.5, 0.6) is 5.75 Å². The van der Waals surface area contributed by atoms with Crippen LogP contribution in [0.15, 0.2) is 48.5 Å². The van der Waals surface area contributed by atoms with Gasteiger partial charge in [0.2, 0.25) is 0 Å². The Morgan fingerprint density at radius 2 is 1.90 bits per heavy atom. The van der Waals surface area contributed by atoms with E-state index in [0.29, 0.717) is 44.1 Å². The zero-order valence-electron chi connectivity index (χ0n) is 16.7. The van der Waals surface area contributed by atoms with Gasteiger partial charge >= 0.3 is 0 Å². The summed E-state index contributed by atoms with van der Waals surface area (Å²) in [7, 11) is 0. The smallest absolute Gasteiger partial charge is 0.269 e. The van der Waals surface area contributed by atoms with Crippen LogP contribution in [0.1, 0.15) is 23.2 Å². The Kier molecular flexibility index (Phi) is 6.13. The van der Waals surface area contributed by atoms with Crippen molar-refractivity contribution in [2.24, 2.45) is 0 Å². The molecule has 1 atom stereocenters. The van der Waals surface area contributed by atoms with E-state index in [2.05, 4.69) is 4.90 Å². The first-order valence-corrected chi connectivity index (χ1v) is 10.2. The Hall–Kier alpha value is -3.13. The Labute approximate surface area is 175 Å². The number of hydrogen-bond donors (Lipinski definition) is 0. The highest BCUT2D eigenvalue weighted by Gasteiger charge is 2.23. The lowest BCUT2D eigenvalue weighted by Gasteiger charge is -2.36. The van der Waals surface area contributed by atoms with Crippen LogP contribution >= 0.6 is 0 Å². The SMILES string of the molecule is O=C(c1cccc(OCC2CCCO2)c1)N1CCN(c2ccc([N+](=O)[O-])cc2)CC1. The van der Waals surface area contributed by atoms with Gasteiger partial charge in [-0.2, -0.15) is 0 Å². The van der Waals surface area contributed by atoms with Gasteiger partial charge in [-0.3, -0.25) is 14.9 Å². The number of non-ortho nitro benzene ring substituents is 1. The fourth-order valence-corrected chi connectivity index (χ4v) is 3.82. The summed E-state index contributed by atoms with van der Waals surface area (Å²) in [5.74, 6) is 0.668. The van der Waals surface area contributed by atoms with Gasteiger partial charge in [-0.05, 0) is 43.2 Å². The predicted molar refractivity (Wildman–Crippen MR) is 112 cm³/mol. The average Bonchev–Trinajstić information content (AvgIpc) is 3.31. The van der Waals surface area contributed by atoms with Gasteiger partial charge in [0.15, 0.2) is 0 Å². The Morgan fingerprint density at radius 1 is 1.13 bits per heavy atom. The summed E-state index contributed by atoms with van der Waals surface area (Å²) >= 11 is 0. The van der Waals surface area contributed by atoms with Crippen LogP contribution < -0.4 is 9.64 Å². The molecule has 0 aromatic heterocycles. The van der Waals surface area contributed by atoms with E-state index in [9.17, 15) is 14.9 Å². The number of anilines is 1. The van der Waals surface area contributed by atoms with E-state index in [1.165, 1.54) is 12.1 Å². The number of nitro groups is 1. The standard InChI is InChI=1S/C22H25N3O5/c26-22(17-3-1-4-20(15-17)30-16-21-5-2-14-29-21)24-12-10-23(11-13-24)18-6-8-19(9-7-18)25(27)28/h1,3-4,6-9,15,21H,2,5,10-14,16H2. The molecule has 2 aromatic carbocycles. The highest BCUT2D eigenvalue weighted by molar-refractivity contribution is 5.94. The molecule has 2 aromatic rings. The summed E-state index contributed by atoms with van der Waals surface area (Å²) < 4.78 is 11.4. The van der Waals surface area contributed by atoms with Crippen molar-refractivity contribution in [3.05, 3.63) is 64.2 Å². The van der Waals surface area contributed by atoms with E-state index >= 15 is 0 Å². The maximum Gasteiger partial charge on any atom is 0.269 e. The molecule has 0 aliphatic carbocycles. The Bertz CT molecular complexity index is 888. The molecule has 30 heavy (non-hydrogen) atoms. The Balaban J connectivity index is 1.32. The number of benzene rings is 2. The quantitative estimate of drug-likeness (QED) is 0.536. The van der Waals surface area contributed by atoms with Gasteiger partial charge in [-0.1, -0.05) is 6.07 Å². The number of rotatable bonds is 6. The van der Waals surface area contributed by atoms with Crippen molar-refractivity contribution in [1.82, 2.24) is 4.90 Å². The first kappa shape index (κ1) is 20.2. The van der Waals surface area contributed by atoms with Crippen molar-refractivity contribution in [3.8, 4) is 5.75 Å². The van der Waals surface area contributed by atoms with Crippen molar-refractivity contribution in [3.63, 3.8) is 0 Å². The fourth-order valence-electron chi connectivity index (χ4n) is 3.82. The van der Waals surface area contributed by atoms with E-state index in [-0.39, 0.29) is 17.7 Å². The van der Waals surface area contributed by atoms with Gasteiger partial charge in [-0.15, -0.1) is 0 Å². The number of amides is 1. The van der Waals surface area contributed by atoms with Crippen molar-refractivity contribution in [1.29, 1.82) is 0 Å². The second-order valence-corrected chi connectivity index (χ2v) is 7.53. The van der Waals surface area contributed by atoms with Crippen LogP contribution in [0.3, 0.4) is 0 Å². The molecule has 0 saturated carbocycles. The number of piperazine rings is 1. The van der Waals surface area contributed by atoms with Crippen LogP contribution in [0, 0.1) is 10.1 Å². The van der Waals surface area contributed by atoms with Gasteiger partial charge in [0.1, 0.15) is 12.4 Å². The number of ether oxygens (including phenoxy) is 2. The minimum atomic E-state index is -0.404. The minimum absolute atomic E-state index is 0.0130. The summed E-state index contributed by atoms with van der Waals surface area (Å²) in [5, 5.41) is 10.8. The highest BCUT2D eigenvalue weighted by Crippen LogP contribution is 2.22. The lowest BCUT2D eigenvalue weighted by Crippen LogP contribution is -2.48. The molecule has 1 unspecified atom stereocenters. The van der Waals surface area contributed by atoms with Gasteiger partial charge in [0.25, 0.3) is 11.6 Å².